The van der Waals surface area contributed by atoms with E-state index in [2.05, 4.69) is 13.8 Å². The average molecular weight is 423 g/mol. The lowest BCUT2D eigenvalue weighted by molar-refractivity contribution is -0.904. The van der Waals surface area contributed by atoms with E-state index >= 15 is 0 Å². The summed E-state index contributed by atoms with van der Waals surface area (Å²) in [5, 5.41) is 0. The number of piperazine rings is 1. The van der Waals surface area contributed by atoms with Crippen LogP contribution in [0.15, 0.2) is 29.2 Å². The Labute approximate surface area is 173 Å². The Morgan fingerprint density at radius 1 is 1.00 bits per heavy atom. The summed E-state index contributed by atoms with van der Waals surface area (Å²) in [5.41, 5.74) is 0.489. The minimum Gasteiger partial charge on any atom is -0.335 e. The molecule has 29 heavy (non-hydrogen) atoms. The Bertz CT molecular complexity index is 835. The van der Waals surface area contributed by atoms with Gasteiger partial charge in [0.2, 0.25) is 10.0 Å². The number of carbonyl (C=O) groups is 2. The number of ketones is 1. The standard InChI is InChI=1S/C21H31N3O4S/c1-16-12-17(2)14-22(13-16)15-21(26)23-8-10-24(11-9-23)29(27,28)20-6-4-19(5-7-20)18(3)25/h4-7,16-17H,8-15H2,1-3H3/p+1/t16-,17-/m0/s1. The van der Waals surface area contributed by atoms with Crippen LogP contribution in [0.25, 0.3) is 0 Å². The molecule has 0 saturated carbocycles. The fourth-order valence-corrected chi connectivity index (χ4v) is 6.00. The van der Waals surface area contributed by atoms with Crippen molar-refractivity contribution in [2.24, 2.45) is 11.8 Å². The summed E-state index contributed by atoms with van der Waals surface area (Å²) in [5.74, 6) is 1.29. The molecule has 8 heteroatoms. The predicted octanol–water partition coefficient (Wildman–Crippen LogP) is 0.283. The van der Waals surface area contributed by atoms with Crippen LogP contribution in [0.4, 0.5) is 0 Å². The van der Waals surface area contributed by atoms with Gasteiger partial charge in [-0.3, -0.25) is 9.59 Å². The molecule has 0 aliphatic carbocycles. The van der Waals surface area contributed by atoms with Crippen molar-refractivity contribution in [1.29, 1.82) is 0 Å². The lowest BCUT2D eigenvalue weighted by Crippen LogP contribution is -3.15. The number of likely N-dealkylation sites (tertiary alicyclic amines) is 1. The molecule has 1 aromatic carbocycles. The molecule has 2 aliphatic heterocycles. The molecule has 1 aromatic rings. The molecule has 2 atom stereocenters. The predicted molar refractivity (Wildman–Crippen MR) is 110 cm³/mol. The second kappa shape index (κ2) is 8.93. The molecule has 2 saturated heterocycles. The van der Waals surface area contributed by atoms with Crippen LogP contribution < -0.4 is 4.90 Å². The summed E-state index contributed by atoms with van der Waals surface area (Å²) in [4.78, 5) is 27.4. The first kappa shape index (κ1) is 21.9. The largest absolute Gasteiger partial charge is 0.335 e. The van der Waals surface area contributed by atoms with Gasteiger partial charge in [-0.1, -0.05) is 26.0 Å². The maximum absolute atomic E-state index is 12.9. The normalized spacial score (nSPS) is 26.3. The number of benzene rings is 1. The molecular weight excluding hydrogens is 390 g/mol. The number of sulfonamides is 1. The van der Waals surface area contributed by atoms with Crippen molar-refractivity contribution in [1.82, 2.24) is 9.21 Å². The van der Waals surface area contributed by atoms with E-state index in [0.717, 1.165) is 13.1 Å². The highest BCUT2D eigenvalue weighted by Gasteiger charge is 2.33. The first-order valence-electron chi connectivity index (χ1n) is 10.4. The van der Waals surface area contributed by atoms with Gasteiger partial charge in [0, 0.05) is 43.6 Å². The van der Waals surface area contributed by atoms with Crippen molar-refractivity contribution in [3.63, 3.8) is 0 Å². The minimum absolute atomic E-state index is 0.0966. The number of hydrogen-bond donors (Lipinski definition) is 1. The zero-order chi connectivity index (χ0) is 21.2. The van der Waals surface area contributed by atoms with E-state index in [1.807, 2.05) is 0 Å². The van der Waals surface area contributed by atoms with Gasteiger partial charge in [0.15, 0.2) is 12.3 Å². The Morgan fingerprint density at radius 2 is 1.55 bits per heavy atom. The number of rotatable bonds is 5. The van der Waals surface area contributed by atoms with Crippen LogP contribution in [0.3, 0.4) is 0 Å². The smallest absolute Gasteiger partial charge is 0.277 e. The van der Waals surface area contributed by atoms with Crippen LogP contribution in [0, 0.1) is 11.8 Å². The fraction of sp³-hybridized carbons (Fsp3) is 0.619. The summed E-state index contributed by atoms with van der Waals surface area (Å²) in [6.07, 6.45) is 1.22. The topological polar surface area (TPSA) is 79.2 Å². The van der Waals surface area contributed by atoms with Gasteiger partial charge in [-0.15, -0.1) is 0 Å². The Balaban J connectivity index is 1.56. The summed E-state index contributed by atoms with van der Waals surface area (Å²) in [7, 11) is -3.62. The molecule has 0 unspecified atom stereocenters. The molecule has 1 N–H and O–H groups in total. The van der Waals surface area contributed by atoms with Crippen LogP contribution in [0.5, 0.6) is 0 Å². The molecule has 0 bridgehead atoms. The van der Waals surface area contributed by atoms with Crippen molar-refractivity contribution in [3.8, 4) is 0 Å². The van der Waals surface area contributed by atoms with Gasteiger partial charge in [0.25, 0.3) is 5.91 Å². The van der Waals surface area contributed by atoms with Gasteiger partial charge in [-0.2, -0.15) is 4.31 Å². The number of quaternary nitrogens is 1. The summed E-state index contributed by atoms with van der Waals surface area (Å²) in [6, 6.07) is 6.04. The molecule has 0 radical (unpaired) electrons. The van der Waals surface area contributed by atoms with Gasteiger partial charge in [-0.05, 0) is 25.5 Å². The molecule has 3 rings (SSSR count). The lowest BCUT2D eigenvalue weighted by atomic mass is 9.92. The lowest BCUT2D eigenvalue weighted by Gasteiger charge is -2.36. The van der Waals surface area contributed by atoms with Crippen molar-refractivity contribution in [2.75, 3.05) is 45.8 Å². The second-order valence-electron chi connectivity index (χ2n) is 8.65. The quantitative estimate of drug-likeness (QED) is 0.692. The van der Waals surface area contributed by atoms with E-state index in [-0.39, 0.29) is 16.6 Å². The van der Waals surface area contributed by atoms with Crippen molar-refractivity contribution in [3.05, 3.63) is 29.8 Å². The molecular formula is C21H32N3O4S+. The molecule has 2 aliphatic rings. The summed E-state index contributed by atoms with van der Waals surface area (Å²) in [6.45, 7) is 9.92. The molecule has 160 valence electrons. The van der Waals surface area contributed by atoms with Crippen LogP contribution in [-0.4, -0.2) is 75.1 Å². The maximum atomic E-state index is 12.9. The van der Waals surface area contributed by atoms with E-state index in [9.17, 15) is 18.0 Å². The molecule has 2 fully saturated rings. The SMILES string of the molecule is CC(=O)c1ccc(S(=O)(=O)N2CCN(C(=O)C[NH+]3C[C@@H](C)C[C@H](C)C3)CC2)cc1. The summed E-state index contributed by atoms with van der Waals surface area (Å²) >= 11 is 0. The number of nitrogens with one attached hydrogen (secondary N) is 1. The third-order valence-corrected chi connectivity index (χ3v) is 7.88. The van der Waals surface area contributed by atoms with E-state index in [4.69, 9.17) is 0 Å². The number of hydrogen-bond acceptors (Lipinski definition) is 4. The number of piperidine rings is 1. The van der Waals surface area contributed by atoms with Crippen molar-refractivity contribution in [2.45, 2.75) is 32.1 Å². The summed E-state index contributed by atoms with van der Waals surface area (Å²) < 4.78 is 27.2. The van der Waals surface area contributed by atoms with Gasteiger partial charge in [0.1, 0.15) is 0 Å². The number of nitrogens with zero attached hydrogens (tertiary/aromatic N) is 2. The van der Waals surface area contributed by atoms with E-state index < -0.39 is 10.0 Å². The zero-order valence-corrected chi connectivity index (χ0v) is 18.4. The Morgan fingerprint density at radius 3 is 2.07 bits per heavy atom. The first-order chi connectivity index (χ1) is 13.7. The van der Waals surface area contributed by atoms with Crippen LogP contribution in [0.2, 0.25) is 0 Å². The molecule has 0 aromatic heterocycles. The molecule has 0 spiro atoms. The Hall–Kier alpha value is -1.77. The third kappa shape index (κ3) is 5.24. The van der Waals surface area contributed by atoms with Crippen LogP contribution in [-0.2, 0) is 14.8 Å². The maximum Gasteiger partial charge on any atom is 0.277 e. The number of amides is 1. The monoisotopic (exact) mass is 422 g/mol. The van der Waals surface area contributed by atoms with Crippen LogP contribution in [0.1, 0.15) is 37.6 Å². The first-order valence-corrected chi connectivity index (χ1v) is 11.8. The minimum atomic E-state index is -3.62. The number of carbonyl (C=O) groups excluding carboxylic acids is 2. The highest BCUT2D eigenvalue weighted by molar-refractivity contribution is 7.89. The highest BCUT2D eigenvalue weighted by atomic mass is 32.2. The van der Waals surface area contributed by atoms with Crippen LogP contribution >= 0.6 is 0 Å². The van der Waals surface area contributed by atoms with E-state index in [1.165, 1.54) is 34.7 Å². The highest BCUT2D eigenvalue weighted by Crippen LogP contribution is 2.19. The molecule has 1 amide bonds. The second-order valence-corrected chi connectivity index (χ2v) is 10.6. The van der Waals surface area contributed by atoms with Gasteiger partial charge in [0.05, 0.1) is 18.0 Å². The zero-order valence-electron chi connectivity index (χ0n) is 17.6. The van der Waals surface area contributed by atoms with Crippen molar-refractivity contribution < 1.29 is 22.9 Å². The third-order valence-electron chi connectivity index (χ3n) is 5.97. The Kier molecular flexibility index (Phi) is 6.76. The van der Waals surface area contributed by atoms with Gasteiger partial charge in [-0.25, -0.2) is 8.42 Å². The van der Waals surface area contributed by atoms with Gasteiger partial charge < -0.3 is 9.80 Å². The van der Waals surface area contributed by atoms with E-state index in [1.54, 1.807) is 17.0 Å². The fourth-order valence-electron chi connectivity index (χ4n) is 4.58. The molecule has 2 heterocycles. The number of Topliss-reactive ketones (excluding diaryl/α,β-unsaturated/α-hetero) is 1. The molecule has 7 nitrogen and oxygen atoms in total. The van der Waals surface area contributed by atoms with E-state index in [0.29, 0.717) is 50.1 Å². The van der Waals surface area contributed by atoms with Gasteiger partial charge >= 0.3 is 0 Å². The van der Waals surface area contributed by atoms with Crippen molar-refractivity contribution >= 4 is 21.7 Å². The average Bonchev–Trinajstić information content (AvgIpc) is 2.67.